The Kier molecular flexibility index (Phi) is 5.99. The molecule has 1 aromatic heterocycles. The third-order valence-electron chi connectivity index (χ3n) is 4.84. The van der Waals surface area contributed by atoms with Gasteiger partial charge in [0, 0.05) is 11.6 Å². The van der Waals surface area contributed by atoms with E-state index in [2.05, 4.69) is 15.6 Å². The molecule has 0 aliphatic heterocycles. The maximum atomic E-state index is 12.4. The molecule has 1 fully saturated rings. The lowest BCUT2D eigenvalue weighted by Crippen LogP contribution is -2.45. The van der Waals surface area contributed by atoms with E-state index in [1.165, 1.54) is 4.68 Å². The summed E-state index contributed by atoms with van der Waals surface area (Å²) in [5, 5.41) is 20.5. The van der Waals surface area contributed by atoms with E-state index < -0.39 is 11.9 Å². The summed E-state index contributed by atoms with van der Waals surface area (Å²) in [6.45, 7) is 0.0304. The number of aliphatic carboxylic acids is 1. The number of hydrogen-bond donors (Lipinski definition) is 2. The van der Waals surface area contributed by atoms with Gasteiger partial charge in [0.1, 0.15) is 12.2 Å². The van der Waals surface area contributed by atoms with E-state index in [0.717, 1.165) is 31.2 Å². The maximum Gasteiger partial charge on any atom is 0.308 e. The number of nitrogens with zero attached hydrogens (tertiary/aromatic N) is 3. The number of carbonyl (C=O) groups is 2. The van der Waals surface area contributed by atoms with Crippen LogP contribution >= 0.6 is 0 Å². The lowest BCUT2D eigenvalue weighted by atomic mass is 9.87. The van der Waals surface area contributed by atoms with E-state index in [1.54, 1.807) is 6.20 Å². The van der Waals surface area contributed by atoms with Crippen LogP contribution in [-0.2, 0) is 16.1 Å². The van der Waals surface area contributed by atoms with Gasteiger partial charge in [-0.15, -0.1) is 5.10 Å². The monoisotopic (exact) mass is 356 g/mol. The topological polar surface area (TPSA) is 97.1 Å². The van der Waals surface area contributed by atoms with Gasteiger partial charge in [-0.2, -0.15) is 0 Å². The number of carbonyl (C=O) groups excluding carboxylic acids is 1. The average Bonchev–Trinajstić information content (AvgIpc) is 3.06. The van der Waals surface area contributed by atoms with Gasteiger partial charge in [0.25, 0.3) is 0 Å². The zero-order valence-corrected chi connectivity index (χ0v) is 14.7. The largest absolute Gasteiger partial charge is 0.481 e. The van der Waals surface area contributed by atoms with Crippen molar-refractivity contribution in [2.24, 2.45) is 5.92 Å². The van der Waals surface area contributed by atoms with Crippen LogP contribution in [0.15, 0.2) is 36.5 Å². The summed E-state index contributed by atoms with van der Waals surface area (Å²) in [7, 11) is 0. The van der Waals surface area contributed by atoms with Crippen molar-refractivity contribution < 1.29 is 14.7 Å². The number of carboxylic acid groups (broad SMARTS) is 1. The number of carboxylic acids is 1. The molecule has 2 atom stereocenters. The van der Waals surface area contributed by atoms with Gasteiger partial charge in [0.05, 0.1) is 12.1 Å². The Morgan fingerprint density at radius 2 is 1.85 bits per heavy atom. The fourth-order valence-electron chi connectivity index (χ4n) is 3.47. The van der Waals surface area contributed by atoms with Crippen molar-refractivity contribution in [2.75, 3.05) is 0 Å². The molecule has 7 heteroatoms. The smallest absolute Gasteiger partial charge is 0.308 e. The van der Waals surface area contributed by atoms with Crippen molar-refractivity contribution >= 4 is 11.9 Å². The molecule has 1 saturated carbocycles. The Bertz CT molecular complexity index is 744. The zero-order valence-electron chi connectivity index (χ0n) is 14.7. The van der Waals surface area contributed by atoms with Crippen molar-refractivity contribution in [2.45, 2.75) is 51.1 Å². The van der Waals surface area contributed by atoms with Crippen LogP contribution in [0, 0.1) is 5.92 Å². The maximum absolute atomic E-state index is 12.4. The predicted octanol–water partition coefficient (Wildman–Crippen LogP) is 2.48. The minimum Gasteiger partial charge on any atom is -0.481 e. The third kappa shape index (κ3) is 4.68. The van der Waals surface area contributed by atoms with E-state index in [-0.39, 0.29) is 18.5 Å². The van der Waals surface area contributed by atoms with Gasteiger partial charge in [0.15, 0.2) is 0 Å². The lowest BCUT2D eigenvalue weighted by molar-refractivity contribution is -0.143. The van der Waals surface area contributed by atoms with E-state index in [4.69, 9.17) is 0 Å². The molecule has 7 nitrogen and oxygen atoms in total. The molecule has 2 N–H and O–H groups in total. The van der Waals surface area contributed by atoms with Crippen LogP contribution in [0.3, 0.4) is 0 Å². The van der Waals surface area contributed by atoms with Crippen molar-refractivity contribution in [3.05, 3.63) is 36.5 Å². The summed E-state index contributed by atoms with van der Waals surface area (Å²) in [4.78, 5) is 24.0. The average molecular weight is 356 g/mol. The second kappa shape index (κ2) is 8.60. The van der Waals surface area contributed by atoms with E-state index >= 15 is 0 Å². The highest BCUT2D eigenvalue weighted by Gasteiger charge is 2.29. The lowest BCUT2D eigenvalue weighted by Gasteiger charge is -2.27. The highest BCUT2D eigenvalue weighted by atomic mass is 16.4. The van der Waals surface area contributed by atoms with Crippen LogP contribution in [0.4, 0.5) is 0 Å². The molecule has 2 unspecified atom stereocenters. The van der Waals surface area contributed by atoms with E-state index in [1.807, 2.05) is 30.3 Å². The normalized spacial score (nSPS) is 20.8. The Balaban J connectivity index is 1.62. The Labute approximate surface area is 152 Å². The standard InChI is InChI=1S/C19H24N4O3/c24-18(20-16-11-7-2-1-6-10-15(16)19(25)26)13-23-12-17(21-22-23)14-8-4-3-5-9-14/h3-5,8-9,12,15-16H,1-2,6-7,10-11,13H2,(H,20,24)(H,25,26). The van der Waals surface area contributed by atoms with Gasteiger partial charge in [-0.1, -0.05) is 61.2 Å². The van der Waals surface area contributed by atoms with Gasteiger partial charge >= 0.3 is 5.97 Å². The first-order valence-corrected chi connectivity index (χ1v) is 9.11. The predicted molar refractivity (Wildman–Crippen MR) is 96.2 cm³/mol. The number of benzene rings is 1. The van der Waals surface area contributed by atoms with Crippen LogP contribution < -0.4 is 5.32 Å². The summed E-state index contributed by atoms with van der Waals surface area (Å²) in [6.07, 6.45) is 7.02. The van der Waals surface area contributed by atoms with Gasteiger partial charge in [-0.05, 0) is 12.8 Å². The molecule has 2 aromatic rings. The van der Waals surface area contributed by atoms with Gasteiger partial charge in [0.2, 0.25) is 5.91 Å². The second-order valence-corrected chi connectivity index (χ2v) is 6.78. The second-order valence-electron chi connectivity index (χ2n) is 6.78. The molecule has 26 heavy (non-hydrogen) atoms. The fraction of sp³-hybridized carbons (Fsp3) is 0.474. The van der Waals surface area contributed by atoms with Crippen LogP contribution in [0.5, 0.6) is 0 Å². The first-order valence-electron chi connectivity index (χ1n) is 9.11. The van der Waals surface area contributed by atoms with Crippen LogP contribution in [0.1, 0.15) is 38.5 Å². The Morgan fingerprint density at radius 1 is 1.12 bits per heavy atom. The Hall–Kier alpha value is -2.70. The Morgan fingerprint density at radius 3 is 2.58 bits per heavy atom. The molecule has 1 aromatic carbocycles. The van der Waals surface area contributed by atoms with Crippen LogP contribution in [-0.4, -0.2) is 38.0 Å². The summed E-state index contributed by atoms with van der Waals surface area (Å²) < 4.78 is 1.48. The van der Waals surface area contributed by atoms with Crippen molar-refractivity contribution in [3.8, 4) is 11.3 Å². The number of hydrogen-bond acceptors (Lipinski definition) is 4. The first-order chi connectivity index (χ1) is 12.6. The van der Waals surface area contributed by atoms with Crippen molar-refractivity contribution in [1.82, 2.24) is 20.3 Å². The van der Waals surface area contributed by atoms with E-state index in [0.29, 0.717) is 18.5 Å². The van der Waals surface area contributed by atoms with Crippen molar-refractivity contribution in [1.29, 1.82) is 0 Å². The van der Waals surface area contributed by atoms with Gasteiger partial charge in [-0.3, -0.25) is 9.59 Å². The molecular weight excluding hydrogens is 332 g/mol. The molecular formula is C19H24N4O3. The van der Waals surface area contributed by atoms with Crippen LogP contribution in [0.2, 0.25) is 0 Å². The molecule has 0 saturated heterocycles. The zero-order chi connectivity index (χ0) is 18.4. The summed E-state index contributed by atoms with van der Waals surface area (Å²) >= 11 is 0. The molecule has 1 aliphatic carbocycles. The van der Waals surface area contributed by atoms with Crippen molar-refractivity contribution in [3.63, 3.8) is 0 Å². The van der Waals surface area contributed by atoms with Gasteiger partial charge < -0.3 is 10.4 Å². The molecule has 0 radical (unpaired) electrons. The first kappa shape index (κ1) is 18.1. The summed E-state index contributed by atoms with van der Waals surface area (Å²) in [6, 6.07) is 9.30. The summed E-state index contributed by atoms with van der Waals surface area (Å²) in [5.41, 5.74) is 1.64. The minimum absolute atomic E-state index is 0.0304. The molecule has 1 heterocycles. The molecule has 3 rings (SSSR count). The highest BCUT2D eigenvalue weighted by Crippen LogP contribution is 2.23. The number of aromatic nitrogens is 3. The molecule has 0 spiro atoms. The molecule has 1 amide bonds. The molecule has 0 bridgehead atoms. The number of nitrogens with one attached hydrogen (secondary N) is 1. The van der Waals surface area contributed by atoms with E-state index in [9.17, 15) is 14.7 Å². The highest BCUT2D eigenvalue weighted by molar-refractivity contribution is 5.78. The SMILES string of the molecule is O=C(Cn1cc(-c2ccccc2)nn1)NC1CCCCCCC1C(=O)O. The minimum atomic E-state index is -0.829. The quantitative estimate of drug-likeness (QED) is 0.858. The number of rotatable bonds is 5. The summed E-state index contributed by atoms with van der Waals surface area (Å²) in [5.74, 6) is -1.58. The third-order valence-corrected chi connectivity index (χ3v) is 4.84. The number of amides is 1. The van der Waals surface area contributed by atoms with Crippen LogP contribution in [0.25, 0.3) is 11.3 Å². The molecule has 1 aliphatic rings. The molecule has 138 valence electrons. The fourth-order valence-corrected chi connectivity index (χ4v) is 3.47. The van der Waals surface area contributed by atoms with Gasteiger partial charge in [-0.25, -0.2) is 4.68 Å².